The molecular weight excluding hydrogens is 500 g/mol. The van der Waals surface area contributed by atoms with Crippen molar-refractivity contribution in [3.8, 4) is 0 Å². The fourth-order valence-corrected chi connectivity index (χ4v) is 1.94. The third kappa shape index (κ3) is 16.3. The minimum atomic E-state index is -0.585. The predicted octanol–water partition coefficient (Wildman–Crippen LogP) is -0.426. The number of aromatic nitrogens is 2. The van der Waals surface area contributed by atoms with E-state index in [0.29, 0.717) is 5.56 Å². The summed E-state index contributed by atoms with van der Waals surface area (Å²) in [6.07, 6.45) is 3.01. The molecule has 2 rings (SSSR count). The van der Waals surface area contributed by atoms with Gasteiger partial charge < -0.3 is 14.9 Å². The normalized spacial score (nSPS) is 8.50. The van der Waals surface area contributed by atoms with Crippen molar-refractivity contribution in [2.45, 2.75) is 6.92 Å². The number of hydroxylamine groups is 2. The van der Waals surface area contributed by atoms with Gasteiger partial charge in [-0.05, 0) is 42.8 Å². The number of hydrogen-bond donors (Lipinski definition) is 0. The van der Waals surface area contributed by atoms with Crippen LogP contribution in [0.4, 0.5) is 0 Å². The van der Waals surface area contributed by atoms with Crippen LogP contribution in [0.25, 0.3) is 0 Å². The number of methoxy groups -OCH3 is 1. The first-order valence-electron chi connectivity index (χ1n) is 8.15. The maximum atomic E-state index is 11.5. The summed E-state index contributed by atoms with van der Waals surface area (Å²) in [6.45, 7) is 2.60. The number of nitrogens with zero attached hydrogens (tertiary/aromatic N) is 3. The van der Waals surface area contributed by atoms with Crippen molar-refractivity contribution < 1.29 is 63.7 Å². The van der Waals surface area contributed by atoms with Gasteiger partial charge in [-0.2, -0.15) is 0 Å². The average Bonchev–Trinajstić information content (AvgIpc) is 2.79. The molecule has 0 fully saturated rings. The van der Waals surface area contributed by atoms with E-state index in [2.05, 4.69) is 19.6 Å². The zero-order valence-corrected chi connectivity index (χ0v) is 22.3. The standard InChI is InChI=1S/C8H9ClN2O2.C6H3Cl2NO.C3H8O.CH2O3.Na/c1-11(13-2)8(12)6-4-3-5-10-7(6)9;7-5-4(6(8)10)2-1-3-9-5;1-3-4-2;2-1-4-3;/h3-5H,1-2H3;1-3H;3H2,1-2H3;1,3H;/q;;;;+1/p-1. The number of carbonyl (C=O) groups excluding carboxylic acids is 3. The predicted molar refractivity (Wildman–Crippen MR) is 112 cm³/mol. The molecule has 2 aromatic rings. The van der Waals surface area contributed by atoms with Crippen molar-refractivity contribution in [3.05, 3.63) is 58.1 Å². The SMILES string of the molecule is CCOC.CON(C)C(=O)c1cccnc1Cl.O=C(Cl)c1cccnc1Cl.O=CO[O-].[Na+]. The molecule has 1 amide bonds. The Morgan fingerprint density at radius 3 is 1.75 bits per heavy atom. The first kappa shape index (κ1) is 35.3. The summed E-state index contributed by atoms with van der Waals surface area (Å²) < 4.78 is 4.54. The van der Waals surface area contributed by atoms with Crippen LogP contribution in [-0.2, 0) is 19.3 Å². The minimum Gasteiger partial charge on any atom is -0.662 e. The smallest absolute Gasteiger partial charge is 0.662 e. The third-order valence-electron chi connectivity index (χ3n) is 2.85. The van der Waals surface area contributed by atoms with Crippen LogP contribution < -0.4 is 34.8 Å². The summed E-state index contributed by atoms with van der Waals surface area (Å²) in [4.78, 5) is 45.4. The van der Waals surface area contributed by atoms with E-state index in [9.17, 15) is 9.59 Å². The number of rotatable bonds is 5. The van der Waals surface area contributed by atoms with Crippen molar-refractivity contribution in [1.82, 2.24) is 15.0 Å². The number of hydrogen-bond acceptors (Lipinski definition) is 9. The Hall–Kier alpha value is -1.34. The number of pyridine rings is 2. The summed E-state index contributed by atoms with van der Waals surface area (Å²) in [5.41, 5.74) is 0.569. The second-order valence-electron chi connectivity index (χ2n) is 4.71. The van der Waals surface area contributed by atoms with Crippen molar-refractivity contribution in [2.75, 3.05) is 27.9 Å². The van der Waals surface area contributed by atoms with Crippen LogP contribution in [0.5, 0.6) is 0 Å². The minimum absolute atomic E-state index is 0. The molecule has 32 heavy (non-hydrogen) atoms. The summed E-state index contributed by atoms with van der Waals surface area (Å²) in [7, 11) is 4.59. The quantitative estimate of drug-likeness (QED) is 0.129. The molecule has 0 aromatic carbocycles. The van der Waals surface area contributed by atoms with E-state index in [1.807, 2.05) is 6.92 Å². The molecule has 2 aromatic heterocycles. The second kappa shape index (κ2) is 22.8. The van der Waals surface area contributed by atoms with E-state index in [1.165, 1.54) is 32.6 Å². The summed E-state index contributed by atoms with van der Waals surface area (Å²) in [5, 5.41) is 9.25. The number of carbonyl (C=O) groups is 3. The van der Waals surface area contributed by atoms with Crippen LogP contribution in [0.2, 0.25) is 10.3 Å². The van der Waals surface area contributed by atoms with Crippen LogP contribution in [0.3, 0.4) is 0 Å². The number of halogens is 3. The molecule has 0 saturated heterocycles. The van der Waals surface area contributed by atoms with Gasteiger partial charge in [0.15, 0.2) is 0 Å². The van der Waals surface area contributed by atoms with E-state index >= 15 is 0 Å². The summed E-state index contributed by atoms with van der Waals surface area (Å²) in [6, 6.07) is 6.35. The van der Waals surface area contributed by atoms with Gasteiger partial charge in [0.05, 0.1) is 18.2 Å². The molecule has 0 aliphatic carbocycles. The van der Waals surface area contributed by atoms with Crippen molar-refractivity contribution >= 4 is 52.4 Å². The van der Waals surface area contributed by atoms with Gasteiger partial charge in [0.25, 0.3) is 17.6 Å². The molecule has 0 aliphatic heterocycles. The zero-order valence-electron chi connectivity index (χ0n) is 18.1. The van der Waals surface area contributed by atoms with Crippen molar-refractivity contribution in [3.63, 3.8) is 0 Å². The van der Waals surface area contributed by atoms with E-state index in [-0.39, 0.29) is 57.8 Å². The van der Waals surface area contributed by atoms with E-state index < -0.39 is 5.24 Å². The van der Waals surface area contributed by atoms with Gasteiger partial charge in [0.2, 0.25) is 0 Å². The molecule has 0 N–H and O–H groups in total. The Bertz CT molecular complexity index is 802. The number of ether oxygens (including phenoxy) is 1. The van der Waals surface area contributed by atoms with Gasteiger partial charge in [-0.3, -0.25) is 19.2 Å². The zero-order chi connectivity index (χ0) is 24.2. The monoisotopic (exact) mass is 519 g/mol. The Morgan fingerprint density at radius 1 is 1.09 bits per heavy atom. The van der Waals surface area contributed by atoms with Crippen LogP contribution in [0.15, 0.2) is 36.7 Å². The van der Waals surface area contributed by atoms with Crippen LogP contribution in [-0.4, -0.2) is 60.5 Å². The van der Waals surface area contributed by atoms with Crippen LogP contribution >= 0.6 is 34.8 Å². The maximum absolute atomic E-state index is 11.5. The maximum Gasteiger partial charge on any atom is 1.00 e. The number of amides is 1. The molecule has 0 atom stereocenters. The van der Waals surface area contributed by atoms with E-state index in [0.717, 1.165) is 11.7 Å². The van der Waals surface area contributed by atoms with Gasteiger partial charge in [-0.15, -0.1) is 0 Å². The van der Waals surface area contributed by atoms with E-state index in [1.54, 1.807) is 25.3 Å². The fourth-order valence-electron chi connectivity index (χ4n) is 1.33. The molecular formula is C18H21Cl3N3NaO7. The van der Waals surface area contributed by atoms with Crippen LogP contribution in [0.1, 0.15) is 27.6 Å². The molecule has 0 bridgehead atoms. The van der Waals surface area contributed by atoms with Gasteiger partial charge in [-0.1, -0.05) is 23.2 Å². The van der Waals surface area contributed by atoms with Crippen LogP contribution in [0, 0.1) is 0 Å². The molecule has 14 heteroatoms. The third-order valence-corrected chi connectivity index (χ3v) is 3.65. The first-order valence-corrected chi connectivity index (χ1v) is 9.29. The van der Waals surface area contributed by atoms with Crippen molar-refractivity contribution in [2.24, 2.45) is 0 Å². The molecule has 2 heterocycles. The Balaban J connectivity index is -0.000000392. The van der Waals surface area contributed by atoms with E-state index in [4.69, 9.17) is 49.7 Å². The molecule has 0 spiro atoms. The van der Waals surface area contributed by atoms with Gasteiger partial charge in [-0.25, -0.2) is 15.0 Å². The molecule has 0 saturated carbocycles. The summed E-state index contributed by atoms with van der Waals surface area (Å²) >= 11 is 16.4. The largest absolute Gasteiger partial charge is 1.00 e. The Kier molecular flexibility index (Phi) is 25.2. The first-order chi connectivity index (χ1) is 14.7. The molecule has 0 unspecified atom stereocenters. The van der Waals surface area contributed by atoms with Crippen molar-refractivity contribution in [1.29, 1.82) is 0 Å². The Labute approximate surface area is 222 Å². The second-order valence-corrected chi connectivity index (χ2v) is 5.77. The molecule has 10 nitrogen and oxygen atoms in total. The fraction of sp³-hybridized carbons (Fsp3) is 0.278. The summed E-state index contributed by atoms with van der Waals surface area (Å²) in [5.74, 6) is -0.319. The topological polar surface area (TPSA) is 131 Å². The Morgan fingerprint density at radius 2 is 1.50 bits per heavy atom. The molecule has 0 radical (unpaired) electrons. The average molecular weight is 521 g/mol. The molecule has 0 aliphatic rings. The molecule has 172 valence electrons. The van der Waals surface area contributed by atoms with Gasteiger partial charge in [0.1, 0.15) is 10.3 Å². The van der Waals surface area contributed by atoms with Gasteiger partial charge in [0, 0.05) is 33.2 Å². The van der Waals surface area contributed by atoms with Gasteiger partial charge >= 0.3 is 29.6 Å².